The predicted molar refractivity (Wildman–Crippen MR) is 77.1 cm³/mol. The Kier molecular flexibility index (Phi) is 5.55. The quantitative estimate of drug-likeness (QED) is 0.802. The molecule has 0 saturated heterocycles. The van der Waals surface area contributed by atoms with Crippen molar-refractivity contribution < 1.29 is 8.42 Å². The second-order valence-corrected chi connectivity index (χ2v) is 6.69. The van der Waals surface area contributed by atoms with Gasteiger partial charge in [-0.15, -0.1) is 6.42 Å². The van der Waals surface area contributed by atoms with Gasteiger partial charge in [0.15, 0.2) is 0 Å². The van der Waals surface area contributed by atoms with Gasteiger partial charge in [0.25, 0.3) is 0 Å². The summed E-state index contributed by atoms with van der Waals surface area (Å²) in [7, 11) is -2.00. The van der Waals surface area contributed by atoms with Crippen molar-refractivity contribution in [3.63, 3.8) is 0 Å². The maximum absolute atomic E-state index is 12.1. The molecule has 0 spiro atoms. The predicted octanol–water partition coefficient (Wildman–Crippen LogP) is 1.44. The summed E-state index contributed by atoms with van der Waals surface area (Å²) in [6, 6.07) is 7.24. The lowest BCUT2D eigenvalue weighted by atomic mass is 10.2. The molecule has 19 heavy (non-hydrogen) atoms. The van der Waals surface area contributed by atoms with Crippen LogP contribution in [0.15, 0.2) is 29.2 Å². The maximum atomic E-state index is 12.1. The Balaban J connectivity index is 2.84. The van der Waals surface area contributed by atoms with E-state index in [9.17, 15) is 8.42 Å². The van der Waals surface area contributed by atoms with Crippen LogP contribution in [0.3, 0.4) is 0 Å². The largest absolute Gasteiger partial charge is 0.310 e. The summed E-state index contributed by atoms with van der Waals surface area (Å²) in [4.78, 5) is 0.263. The zero-order valence-electron chi connectivity index (χ0n) is 11.6. The highest BCUT2D eigenvalue weighted by Gasteiger charge is 2.19. The first-order valence-electron chi connectivity index (χ1n) is 6.10. The third kappa shape index (κ3) is 4.35. The summed E-state index contributed by atoms with van der Waals surface area (Å²) < 4.78 is 25.4. The summed E-state index contributed by atoms with van der Waals surface area (Å²) in [5.41, 5.74) is 1.05. The third-order valence-electron chi connectivity index (χ3n) is 2.66. The number of nitrogens with zero attached hydrogens (tertiary/aromatic N) is 1. The molecule has 5 heteroatoms. The number of benzene rings is 1. The number of rotatable bonds is 6. The lowest BCUT2D eigenvalue weighted by molar-refractivity contribution is 0.503. The fourth-order valence-corrected chi connectivity index (χ4v) is 2.58. The Morgan fingerprint density at radius 1 is 1.32 bits per heavy atom. The maximum Gasteiger partial charge on any atom is 0.243 e. The molecule has 1 aromatic carbocycles. The summed E-state index contributed by atoms with van der Waals surface area (Å²) >= 11 is 0. The number of hydrogen-bond donors (Lipinski definition) is 1. The molecule has 104 valence electrons. The van der Waals surface area contributed by atoms with Crippen molar-refractivity contribution in [2.45, 2.75) is 31.3 Å². The molecule has 1 aromatic rings. The van der Waals surface area contributed by atoms with Crippen molar-refractivity contribution in [3.8, 4) is 12.3 Å². The summed E-state index contributed by atoms with van der Waals surface area (Å²) in [6.45, 7) is 4.92. The molecule has 0 aliphatic carbocycles. The van der Waals surface area contributed by atoms with Gasteiger partial charge in [-0.25, -0.2) is 8.42 Å². The van der Waals surface area contributed by atoms with Gasteiger partial charge in [-0.3, -0.25) is 0 Å². The topological polar surface area (TPSA) is 49.4 Å². The SMILES string of the molecule is C#CCN(C)S(=O)(=O)c1ccc(CNC(C)C)cc1. The zero-order chi connectivity index (χ0) is 14.5. The van der Waals surface area contributed by atoms with E-state index in [1.165, 1.54) is 7.05 Å². The molecule has 0 bridgehead atoms. The van der Waals surface area contributed by atoms with Crippen LogP contribution < -0.4 is 5.32 Å². The van der Waals surface area contributed by atoms with Crippen LogP contribution in [-0.4, -0.2) is 32.4 Å². The van der Waals surface area contributed by atoms with Crippen LogP contribution in [0.1, 0.15) is 19.4 Å². The van der Waals surface area contributed by atoms with Gasteiger partial charge in [-0.1, -0.05) is 31.9 Å². The third-order valence-corrected chi connectivity index (χ3v) is 4.48. The molecule has 4 nitrogen and oxygen atoms in total. The smallest absolute Gasteiger partial charge is 0.243 e. The van der Waals surface area contributed by atoms with Gasteiger partial charge in [-0.2, -0.15) is 4.31 Å². The number of terminal acetylenes is 1. The molecule has 0 amide bonds. The van der Waals surface area contributed by atoms with E-state index in [4.69, 9.17) is 6.42 Å². The van der Waals surface area contributed by atoms with Gasteiger partial charge < -0.3 is 5.32 Å². The van der Waals surface area contributed by atoms with Crippen LogP contribution in [0, 0.1) is 12.3 Å². The van der Waals surface area contributed by atoms with Crippen molar-refractivity contribution in [1.82, 2.24) is 9.62 Å². The fraction of sp³-hybridized carbons (Fsp3) is 0.429. The normalized spacial score (nSPS) is 11.8. The van der Waals surface area contributed by atoms with Gasteiger partial charge in [0, 0.05) is 19.6 Å². The van der Waals surface area contributed by atoms with E-state index in [0.29, 0.717) is 6.04 Å². The van der Waals surface area contributed by atoms with Crippen LogP contribution in [0.4, 0.5) is 0 Å². The van der Waals surface area contributed by atoms with E-state index in [2.05, 4.69) is 25.1 Å². The molecule has 0 fully saturated rings. The lowest BCUT2D eigenvalue weighted by Gasteiger charge is -2.14. The van der Waals surface area contributed by atoms with E-state index in [0.717, 1.165) is 16.4 Å². The molecule has 0 unspecified atom stereocenters. The second kappa shape index (κ2) is 6.71. The van der Waals surface area contributed by atoms with Gasteiger partial charge in [0.1, 0.15) is 0 Å². The molecule has 1 rings (SSSR count). The van der Waals surface area contributed by atoms with Crippen molar-refractivity contribution >= 4 is 10.0 Å². The monoisotopic (exact) mass is 280 g/mol. The van der Waals surface area contributed by atoms with Crippen LogP contribution in [0.25, 0.3) is 0 Å². The van der Waals surface area contributed by atoms with Crippen molar-refractivity contribution in [2.75, 3.05) is 13.6 Å². The van der Waals surface area contributed by atoms with E-state index in [1.807, 2.05) is 12.1 Å². The number of nitrogens with one attached hydrogen (secondary N) is 1. The molecular formula is C14H20N2O2S. The highest BCUT2D eigenvalue weighted by Crippen LogP contribution is 2.14. The van der Waals surface area contributed by atoms with E-state index >= 15 is 0 Å². The van der Waals surface area contributed by atoms with Crippen LogP contribution in [0.5, 0.6) is 0 Å². The fourth-order valence-electron chi connectivity index (χ4n) is 1.49. The minimum Gasteiger partial charge on any atom is -0.310 e. The average Bonchev–Trinajstić information content (AvgIpc) is 2.37. The zero-order valence-corrected chi connectivity index (χ0v) is 12.4. The Hall–Kier alpha value is -1.35. The minimum absolute atomic E-state index is 0.0684. The first-order chi connectivity index (χ1) is 8.87. The van der Waals surface area contributed by atoms with E-state index < -0.39 is 10.0 Å². The van der Waals surface area contributed by atoms with Gasteiger partial charge in [0.2, 0.25) is 10.0 Å². The van der Waals surface area contributed by atoms with Gasteiger partial charge >= 0.3 is 0 Å². The highest BCUT2D eigenvalue weighted by atomic mass is 32.2. The Bertz CT molecular complexity index is 542. The van der Waals surface area contributed by atoms with E-state index in [1.54, 1.807) is 12.1 Å². The first-order valence-corrected chi connectivity index (χ1v) is 7.54. The average molecular weight is 280 g/mol. The number of sulfonamides is 1. The Morgan fingerprint density at radius 3 is 2.37 bits per heavy atom. The molecule has 0 atom stereocenters. The highest BCUT2D eigenvalue weighted by molar-refractivity contribution is 7.89. The minimum atomic E-state index is -3.48. The summed E-state index contributed by atoms with van der Waals surface area (Å²) in [5.74, 6) is 2.32. The molecular weight excluding hydrogens is 260 g/mol. The molecule has 0 heterocycles. The van der Waals surface area contributed by atoms with Gasteiger partial charge in [0.05, 0.1) is 11.4 Å². The molecule has 0 saturated carbocycles. The Morgan fingerprint density at radius 2 is 1.89 bits per heavy atom. The van der Waals surface area contributed by atoms with Crippen molar-refractivity contribution in [2.24, 2.45) is 0 Å². The van der Waals surface area contributed by atoms with Gasteiger partial charge in [-0.05, 0) is 17.7 Å². The molecule has 0 radical (unpaired) electrons. The lowest BCUT2D eigenvalue weighted by Crippen LogP contribution is -2.27. The molecule has 0 aliphatic rings. The van der Waals surface area contributed by atoms with Crippen LogP contribution in [-0.2, 0) is 16.6 Å². The van der Waals surface area contributed by atoms with E-state index in [-0.39, 0.29) is 11.4 Å². The standard InChI is InChI=1S/C14H20N2O2S/c1-5-10-16(4)19(17,18)14-8-6-13(7-9-14)11-15-12(2)3/h1,6-9,12,15H,10-11H2,2-4H3. The summed E-state index contributed by atoms with van der Waals surface area (Å²) in [5, 5.41) is 3.28. The second-order valence-electron chi connectivity index (χ2n) is 4.64. The Labute approximate surface area is 115 Å². The first kappa shape index (κ1) is 15.7. The molecule has 1 N–H and O–H groups in total. The number of hydrogen-bond acceptors (Lipinski definition) is 3. The van der Waals surface area contributed by atoms with Crippen molar-refractivity contribution in [3.05, 3.63) is 29.8 Å². The van der Waals surface area contributed by atoms with Crippen molar-refractivity contribution in [1.29, 1.82) is 0 Å². The molecule has 0 aliphatic heterocycles. The molecule has 0 aromatic heterocycles. The van der Waals surface area contributed by atoms with Crippen LogP contribution in [0.2, 0.25) is 0 Å². The summed E-state index contributed by atoms with van der Waals surface area (Å²) in [6.07, 6.45) is 5.13. The van der Waals surface area contributed by atoms with Crippen LogP contribution >= 0.6 is 0 Å².